The molecule has 1 heterocycles. The summed E-state index contributed by atoms with van der Waals surface area (Å²) in [4.78, 5) is 0. The van der Waals surface area contributed by atoms with Crippen molar-refractivity contribution in [2.24, 2.45) is 0 Å². The van der Waals surface area contributed by atoms with Crippen molar-refractivity contribution in [1.82, 2.24) is 5.31 Å². The molecular weight excluding hydrogens is 82.1 g/mol. The van der Waals surface area contributed by atoms with E-state index in [0.717, 1.165) is 5.88 Å². The lowest BCUT2D eigenvalue weighted by atomic mass is 11.0. The Labute approximate surface area is 36.9 Å². The highest BCUT2D eigenvalue weighted by Gasteiger charge is 1.81. The Morgan fingerprint density at radius 1 is 2.20 bits per heavy atom. The van der Waals surface area contributed by atoms with Crippen LogP contribution in [-0.2, 0) is 0 Å². The highest BCUT2D eigenvalue weighted by molar-refractivity contribution is 8.02. The lowest BCUT2D eigenvalue weighted by molar-refractivity contribution is 1.08. The van der Waals surface area contributed by atoms with Crippen molar-refractivity contribution in [3.63, 3.8) is 0 Å². The molecule has 0 saturated heterocycles. The van der Waals surface area contributed by atoms with Crippen LogP contribution >= 0.6 is 11.8 Å². The molecular formula is C3H5NS. The number of rotatable bonds is 0. The topological polar surface area (TPSA) is 12.0 Å². The molecule has 5 heavy (non-hydrogen) atoms. The molecule has 1 nitrogen and oxygen atoms in total. The van der Waals surface area contributed by atoms with Gasteiger partial charge in [0.2, 0.25) is 0 Å². The summed E-state index contributed by atoms with van der Waals surface area (Å²) in [6.45, 7) is 0. The first kappa shape index (κ1) is 2.13. The fourth-order valence-electron chi connectivity index (χ4n) is 0.215. The molecule has 0 unspecified atom stereocenters. The second-order valence-corrected chi connectivity index (χ2v) is 1.63. The van der Waals surface area contributed by atoms with E-state index in [1.165, 1.54) is 5.31 Å². The Morgan fingerprint density at radius 2 is 3.20 bits per heavy atom. The van der Waals surface area contributed by atoms with Crippen LogP contribution in [0.1, 0.15) is 0 Å². The molecule has 28 valence electrons. The molecule has 2 heteroatoms. The summed E-state index contributed by atoms with van der Waals surface area (Å²) in [7, 11) is 0. The predicted molar refractivity (Wildman–Crippen MR) is 24.7 cm³/mol. The van der Waals surface area contributed by atoms with Gasteiger partial charge in [0.15, 0.2) is 1.41 Å². The quantitative estimate of drug-likeness (QED) is 0.469. The molecule has 0 atom stereocenters. The zero-order valence-electron chi connectivity index (χ0n) is 3.72. The van der Waals surface area contributed by atoms with E-state index in [4.69, 9.17) is 1.41 Å². The molecule has 0 saturated carbocycles. The fourth-order valence-corrected chi connectivity index (χ4v) is 0.645. The van der Waals surface area contributed by atoms with Crippen molar-refractivity contribution in [2.75, 3.05) is 5.88 Å². The van der Waals surface area contributed by atoms with Gasteiger partial charge in [0.05, 0.1) is 5.88 Å². The zero-order chi connectivity index (χ0) is 4.41. The van der Waals surface area contributed by atoms with E-state index < -0.39 is 0 Å². The van der Waals surface area contributed by atoms with E-state index >= 15 is 0 Å². The molecule has 1 rings (SSSR count). The van der Waals surface area contributed by atoms with Gasteiger partial charge in [0.25, 0.3) is 0 Å². The van der Waals surface area contributed by atoms with Gasteiger partial charge < -0.3 is 5.31 Å². The van der Waals surface area contributed by atoms with Crippen LogP contribution in [-0.4, -0.2) is 5.88 Å². The highest BCUT2D eigenvalue weighted by Crippen LogP contribution is 2.02. The molecule has 0 bridgehead atoms. The number of thioether (sulfide) groups is 1. The van der Waals surface area contributed by atoms with E-state index in [-0.39, 0.29) is 0 Å². The molecule has 0 amide bonds. The predicted octanol–water partition coefficient (Wildman–Crippen LogP) is 0.751. The van der Waals surface area contributed by atoms with Crippen LogP contribution in [0.2, 0.25) is 1.41 Å². The largest absolute Gasteiger partial charge is 0.381 e. The average molecular weight is 88.2 g/mol. The summed E-state index contributed by atoms with van der Waals surface area (Å²) in [6.07, 6.45) is 1.74. The van der Waals surface area contributed by atoms with Gasteiger partial charge in [-0.25, -0.2) is 0 Å². The second kappa shape index (κ2) is 1.36. The van der Waals surface area contributed by atoms with Crippen LogP contribution in [0.15, 0.2) is 11.6 Å². The Bertz CT molecular complexity index is 73.2. The average Bonchev–Trinajstić information content (AvgIpc) is 1.86. The first-order valence-corrected chi connectivity index (χ1v) is 2.48. The summed E-state index contributed by atoms with van der Waals surface area (Å²) in [5.74, 6) is 0.792. The van der Waals surface area contributed by atoms with Crippen molar-refractivity contribution in [3.8, 4) is 0 Å². The van der Waals surface area contributed by atoms with Crippen LogP contribution in [0, 0.1) is 0 Å². The first-order valence-electron chi connectivity index (χ1n) is 1.88. The highest BCUT2D eigenvalue weighted by atomic mass is 32.2. The summed E-state index contributed by atoms with van der Waals surface area (Å²) < 4.78 is 6.86. The summed E-state index contributed by atoms with van der Waals surface area (Å²) >= 11 is 1.64. The van der Waals surface area contributed by atoms with E-state index in [1.807, 2.05) is 5.41 Å². The molecule has 1 aliphatic heterocycles. The Balaban J connectivity index is 2.38. The van der Waals surface area contributed by atoms with Crippen molar-refractivity contribution in [2.45, 2.75) is 0 Å². The van der Waals surface area contributed by atoms with Crippen LogP contribution in [0.5, 0.6) is 0 Å². The maximum Gasteiger partial charge on any atom is 0.160 e. The third kappa shape index (κ3) is 0.581. The molecule has 1 N–H and O–H groups in total. The second-order valence-electron chi connectivity index (χ2n) is 0.763. The smallest absolute Gasteiger partial charge is 0.160 e. The van der Waals surface area contributed by atoms with E-state index in [1.54, 1.807) is 18.0 Å². The van der Waals surface area contributed by atoms with E-state index in [9.17, 15) is 0 Å². The minimum absolute atomic E-state index is 0.792. The molecule has 0 aliphatic carbocycles. The van der Waals surface area contributed by atoms with Gasteiger partial charge in [0, 0.05) is 6.20 Å². The van der Waals surface area contributed by atoms with Crippen LogP contribution in [0.25, 0.3) is 0 Å². The van der Waals surface area contributed by atoms with Crippen LogP contribution < -0.4 is 5.31 Å². The molecule has 0 aromatic carbocycles. The first-order chi connectivity index (χ1) is 2.89. The zero-order valence-corrected chi connectivity index (χ0v) is 3.53. The Hall–Kier alpha value is -0.110. The Morgan fingerprint density at radius 3 is 3.40 bits per heavy atom. The normalized spacial score (nSPS) is 24.0. The van der Waals surface area contributed by atoms with Crippen LogP contribution in [0.4, 0.5) is 0 Å². The third-order valence-corrected chi connectivity index (χ3v) is 1.02. The molecule has 0 aromatic heterocycles. The summed E-state index contributed by atoms with van der Waals surface area (Å²) in [5.41, 5.74) is 0. The van der Waals surface area contributed by atoms with Gasteiger partial charge in [-0.05, 0) is 5.41 Å². The fraction of sp³-hybridized carbons (Fsp3) is 0.333. The lowest BCUT2D eigenvalue weighted by Crippen LogP contribution is -1.93. The van der Waals surface area contributed by atoms with E-state index in [0.29, 0.717) is 0 Å². The minimum atomic E-state index is 0.792. The lowest BCUT2D eigenvalue weighted by Gasteiger charge is -1.77. The number of nitrogens with one attached hydrogen (secondary N) is 1. The monoisotopic (exact) mass is 88.0 g/mol. The third-order valence-electron chi connectivity index (χ3n) is 0.412. The van der Waals surface area contributed by atoms with E-state index in [2.05, 4.69) is 0 Å². The standard InChI is InChI=1S/C3H5NS/c1-2-5-3-4-1/h1-2,4H,3H2/i/hD. The molecule has 0 radical (unpaired) electrons. The molecule has 1 aliphatic rings. The van der Waals surface area contributed by atoms with Crippen LogP contribution in [0.3, 0.4) is 0 Å². The van der Waals surface area contributed by atoms with Gasteiger partial charge >= 0.3 is 0 Å². The van der Waals surface area contributed by atoms with Gasteiger partial charge in [-0.15, -0.1) is 11.8 Å². The van der Waals surface area contributed by atoms with Gasteiger partial charge in [-0.3, -0.25) is 0 Å². The Kier molecular flexibility index (Phi) is 0.580. The van der Waals surface area contributed by atoms with Gasteiger partial charge in [-0.2, -0.15) is 0 Å². The molecule has 0 aromatic rings. The molecule has 0 spiro atoms. The van der Waals surface area contributed by atoms with Crippen molar-refractivity contribution < 1.29 is 1.41 Å². The number of hydrogen-bond acceptors (Lipinski definition) is 2. The SMILES string of the molecule is [2H]N1C=CSC1. The maximum absolute atomic E-state index is 6.86. The number of hydrogen-bond donors (Lipinski definition) is 1. The summed E-state index contributed by atoms with van der Waals surface area (Å²) in [5, 5.41) is 3.30. The van der Waals surface area contributed by atoms with Crippen molar-refractivity contribution in [1.29, 1.82) is 0 Å². The van der Waals surface area contributed by atoms with Crippen molar-refractivity contribution >= 4 is 11.8 Å². The maximum atomic E-state index is 6.86. The van der Waals surface area contributed by atoms with Gasteiger partial charge in [-0.1, -0.05) is 0 Å². The minimum Gasteiger partial charge on any atom is -0.381 e. The molecule has 0 fully saturated rings. The van der Waals surface area contributed by atoms with Crippen molar-refractivity contribution in [3.05, 3.63) is 11.6 Å². The summed E-state index contributed by atoms with van der Waals surface area (Å²) in [6, 6.07) is 0. The van der Waals surface area contributed by atoms with Gasteiger partial charge in [0.1, 0.15) is 0 Å².